The van der Waals surface area contributed by atoms with Crippen molar-refractivity contribution in [2.45, 2.75) is 33.5 Å². The van der Waals surface area contributed by atoms with Crippen LogP contribution in [0.4, 0.5) is 4.79 Å². The van der Waals surface area contributed by atoms with Crippen LogP contribution in [0.5, 0.6) is 5.75 Å². The summed E-state index contributed by atoms with van der Waals surface area (Å²) in [6.45, 7) is 5.89. The predicted octanol–water partition coefficient (Wildman–Crippen LogP) is 1.65. The van der Waals surface area contributed by atoms with Gasteiger partial charge in [-0.05, 0) is 6.07 Å². The number of nitrogens with two attached hydrogens (primary N) is 1. The molecule has 0 bridgehead atoms. The second-order valence-corrected chi connectivity index (χ2v) is 6.40. The van der Waals surface area contributed by atoms with E-state index in [1.807, 2.05) is 20.8 Å². The predicted molar refractivity (Wildman–Crippen MR) is 86.7 cm³/mol. The summed E-state index contributed by atoms with van der Waals surface area (Å²) in [6, 6.07) is 3.43. The lowest BCUT2D eigenvalue weighted by molar-refractivity contribution is 0.0239. The molecular weight excluding hydrogens is 312 g/mol. The number of aliphatic hydroxyl groups is 1. The van der Waals surface area contributed by atoms with Gasteiger partial charge in [0.15, 0.2) is 5.82 Å². The first kappa shape index (κ1) is 17.7. The van der Waals surface area contributed by atoms with E-state index in [1.54, 1.807) is 35.4 Å². The summed E-state index contributed by atoms with van der Waals surface area (Å²) in [5, 5.41) is 13.3. The first-order valence-electron chi connectivity index (χ1n) is 7.49. The minimum Gasteiger partial charge on any atom is -0.486 e. The maximum Gasteiger partial charge on any atom is 0.404 e. The van der Waals surface area contributed by atoms with E-state index >= 15 is 0 Å². The van der Waals surface area contributed by atoms with Crippen molar-refractivity contribution < 1.29 is 19.4 Å². The number of primary amides is 1. The van der Waals surface area contributed by atoms with Gasteiger partial charge in [0.05, 0.1) is 12.8 Å². The van der Waals surface area contributed by atoms with Gasteiger partial charge in [-0.2, -0.15) is 5.10 Å². The van der Waals surface area contributed by atoms with Crippen LogP contribution in [0.3, 0.4) is 0 Å². The number of rotatable bonds is 6. The van der Waals surface area contributed by atoms with Crippen LogP contribution in [-0.2, 0) is 11.3 Å². The van der Waals surface area contributed by atoms with Crippen molar-refractivity contribution in [2.75, 3.05) is 6.61 Å². The second kappa shape index (κ2) is 7.31. The maximum atomic E-state index is 10.9. The van der Waals surface area contributed by atoms with E-state index in [0.29, 0.717) is 17.1 Å². The Morgan fingerprint density at radius 2 is 2.21 bits per heavy atom. The Hall–Kier alpha value is -2.61. The molecule has 0 aliphatic carbocycles. The molecule has 2 aromatic rings. The molecule has 0 fully saturated rings. The zero-order valence-corrected chi connectivity index (χ0v) is 14.0. The number of aliphatic hydroxyl groups excluding tert-OH is 1. The number of carbonyl (C=O) groups is 1. The Labute approximate surface area is 140 Å². The van der Waals surface area contributed by atoms with Gasteiger partial charge in [-0.1, -0.05) is 20.8 Å². The van der Waals surface area contributed by atoms with E-state index in [2.05, 4.69) is 10.1 Å². The van der Waals surface area contributed by atoms with Gasteiger partial charge >= 0.3 is 6.09 Å². The Morgan fingerprint density at radius 3 is 2.79 bits per heavy atom. The number of amides is 1. The summed E-state index contributed by atoms with van der Waals surface area (Å²) in [6.07, 6.45) is 3.62. The van der Waals surface area contributed by atoms with Crippen molar-refractivity contribution in [3.63, 3.8) is 0 Å². The third kappa shape index (κ3) is 4.69. The average molecular weight is 334 g/mol. The first-order chi connectivity index (χ1) is 11.3. The molecule has 1 atom stereocenters. The summed E-state index contributed by atoms with van der Waals surface area (Å²) in [7, 11) is 0. The number of aromatic nitrogens is 3. The van der Waals surface area contributed by atoms with Crippen molar-refractivity contribution in [3.05, 3.63) is 36.3 Å². The van der Waals surface area contributed by atoms with Gasteiger partial charge in [0.2, 0.25) is 0 Å². The van der Waals surface area contributed by atoms with Gasteiger partial charge in [0.1, 0.15) is 18.5 Å². The van der Waals surface area contributed by atoms with Gasteiger partial charge < -0.3 is 20.3 Å². The number of hydrogen-bond donors (Lipinski definition) is 2. The van der Waals surface area contributed by atoms with Gasteiger partial charge in [0, 0.05) is 29.4 Å². The molecule has 0 aromatic carbocycles. The maximum absolute atomic E-state index is 10.9. The fraction of sp³-hybridized carbons (Fsp3) is 0.438. The molecular formula is C16H22N4O4. The molecule has 24 heavy (non-hydrogen) atoms. The molecule has 1 unspecified atom stereocenters. The zero-order valence-electron chi connectivity index (χ0n) is 14.0. The van der Waals surface area contributed by atoms with Crippen LogP contribution in [0.2, 0.25) is 0 Å². The van der Waals surface area contributed by atoms with Crippen molar-refractivity contribution in [1.82, 2.24) is 14.8 Å². The second-order valence-electron chi connectivity index (χ2n) is 6.40. The molecule has 8 heteroatoms. The van der Waals surface area contributed by atoms with E-state index in [0.717, 1.165) is 0 Å². The van der Waals surface area contributed by atoms with E-state index in [-0.39, 0.29) is 24.7 Å². The molecule has 0 aliphatic rings. The number of pyridine rings is 1. The molecule has 130 valence electrons. The van der Waals surface area contributed by atoms with E-state index in [9.17, 15) is 4.79 Å². The van der Waals surface area contributed by atoms with E-state index in [1.165, 1.54) is 0 Å². The van der Waals surface area contributed by atoms with E-state index in [4.69, 9.17) is 20.3 Å². The van der Waals surface area contributed by atoms with Crippen LogP contribution >= 0.6 is 0 Å². The normalized spacial score (nSPS) is 12.7. The topological polar surface area (TPSA) is 112 Å². The largest absolute Gasteiger partial charge is 0.486 e. The highest BCUT2D eigenvalue weighted by Gasteiger charge is 2.28. The molecule has 0 radical (unpaired) electrons. The Kier molecular flexibility index (Phi) is 5.40. The van der Waals surface area contributed by atoms with E-state index < -0.39 is 6.09 Å². The third-order valence-corrected chi connectivity index (χ3v) is 3.39. The summed E-state index contributed by atoms with van der Waals surface area (Å²) in [5.74, 6) is 1.12. The number of hydrogen-bond acceptors (Lipinski definition) is 6. The zero-order chi connectivity index (χ0) is 17.7. The smallest absolute Gasteiger partial charge is 0.404 e. The van der Waals surface area contributed by atoms with Crippen molar-refractivity contribution in [1.29, 1.82) is 0 Å². The molecule has 0 spiro atoms. The molecule has 2 aromatic heterocycles. The molecule has 2 rings (SSSR count). The lowest BCUT2D eigenvalue weighted by Gasteiger charge is -2.30. The first-order valence-corrected chi connectivity index (χ1v) is 7.49. The fourth-order valence-electron chi connectivity index (χ4n) is 1.95. The Bertz CT molecular complexity index is 693. The Morgan fingerprint density at radius 1 is 1.46 bits per heavy atom. The van der Waals surface area contributed by atoms with Gasteiger partial charge in [0.25, 0.3) is 0 Å². The Balaban J connectivity index is 2.18. The minimum absolute atomic E-state index is 0.0485. The number of ether oxygens (including phenoxy) is 2. The van der Waals surface area contributed by atoms with Crippen LogP contribution in [0.1, 0.15) is 26.3 Å². The molecule has 2 heterocycles. The molecule has 0 saturated heterocycles. The third-order valence-electron chi connectivity index (χ3n) is 3.39. The van der Waals surface area contributed by atoms with Crippen LogP contribution in [0.15, 0.2) is 30.7 Å². The molecule has 0 aliphatic heterocycles. The lowest BCUT2D eigenvalue weighted by Crippen LogP contribution is -2.38. The lowest BCUT2D eigenvalue weighted by atomic mass is 9.89. The minimum atomic E-state index is -0.837. The highest BCUT2D eigenvalue weighted by molar-refractivity contribution is 5.64. The summed E-state index contributed by atoms with van der Waals surface area (Å²) in [4.78, 5) is 15.1. The molecule has 0 saturated carbocycles. The van der Waals surface area contributed by atoms with Crippen LogP contribution in [0, 0.1) is 5.41 Å². The van der Waals surface area contributed by atoms with Gasteiger partial charge in [-0.15, -0.1) is 0 Å². The molecule has 8 nitrogen and oxygen atoms in total. The molecule has 1 amide bonds. The number of nitrogens with zero attached hydrogens (tertiary/aromatic N) is 3. The van der Waals surface area contributed by atoms with Crippen molar-refractivity contribution >= 4 is 6.09 Å². The number of carbonyl (C=O) groups excluding carboxylic acids is 1. The average Bonchev–Trinajstić information content (AvgIpc) is 2.99. The van der Waals surface area contributed by atoms with Gasteiger partial charge in [-0.25, -0.2) is 14.5 Å². The standard InChI is InChI=1S/C16H22N4O4/c1-16(2,3)13(10-23-15(17)22)24-12-4-5-18-14(6-12)20-8-11(9-21)7-19-20/h4-8,13,21H,9-10H2,1-3H3,(H2,17,22). The monoisotopic (exact) mass is 334 g/mol. The van der Waals surface area contributed by atoms with Crippen LogP contribution < -0.4 is 10.5 Å². The van der Waals surface area contributed by atoms with Crippen molar-refractivity contribution in [3.8, 4) is 11.6 Å². The summed E-state index contributed by atoms with van der Waals surface area (Å²) < 4.78 is 12.4. The highest BCUT2D eigenvalue weighted by atomic mass is 16.6. The highest BCUT2D eigenvalue weighted by Crippen LogP contribution is 2.26. The van der Waals surface area contributed by atoms with Crippen molar-refractivity contribution in [2.24, 2.45) is 11.1 Å². The van der Waals surface area contributed by atoms with Gasteiger partial charge in [-0.3, -0.25) is 0 Å². The summed E-state index contributed by atoms with van der Waals surface area (Å²) >= 11 is 0. The fourth-order valence-corrected chi connectivity index (χ4v) is 1.95. The van der Waals surface area contributed by atoms with Crippen LogP contribution in [-0.4, -0.2) is 38.7 Å². The SMILES string of the molecule is CC(C)(C)C(COC(N)=O)Oc1ccnc(-n2cc(CO)cn2)c1. The quantitative estimate of drug-likeness (QED) is 0.830. The summed E-state index contributed by atoms with van der Waals surface area (Å²) in [5.41, 5.74) is 5.45. The molecule has 3 N–H and O–H groups in total. The van der Waals surface area contributed by atoms with Crippen LogP contribution in [0.25, 0.3) is 5.82 Å².